The van der Waals surface area contributed by atoms with Crippen molar-refractivity contribution in [1.29, 1.82) is 0 Å². The van der Waals surface area contributed by atoms with Gasteiger partial charge in [0.2, 0.25) is 11.8 Å². The van der Waals surface area contributed by atoms with E-state index in [4.69, 9.17) is 0 Å². The summed E-state index contributed by atoms with van der Waals surface area (Å²) in [6.45, 7) is 5.47. The molecule has 3 aromatic carbocycles. The van der Waals surface area contributed by atoms with Crippen LogP contribution in [0, 0.1) is 13.8 Å². The maximum atomic E-state index is 13.2. The highest BCUT2D eigenvalue weighted by Gasteiger charge is 2.22. The van der Waals surface area contributed by atoms with Gasteiger partial charge in [-0.15, -0.1) is 11.8 Å². The minimum atomic E-state index is -0.400. The van der Waals surface area contributed by atoms with Crippen LogP contribution in [0.4, 0.5) is 11.4 Å². The molecule has 0 aliphatic carbocycles. The Balaban J connectivity index is 1.84. The van der Waals surface area contributed by atoms with Gasteiger partial charge in [-0.05, 0) is 60.9 Å². The molecule has 0 heterocycles. The van der Waals surface area contributed by atoms with E-state index in [0.717, 1.165) is 33.0 Å². The Kier molecular flexibility index (Phi) is 6.73. The van der Waals surface area contributed by atoms with Gasteiger partial charge in [0.05, 0.1) is 0 Å². The van der Waals surface area contributed by atoms with E-state index in [1.165, 1.54) is 18.7 Å². The molecule has 4 nitrogen and oxygen atoms in total. The molecule has 0 aliphatic heterocycles. The number of benzene rings is 3. The van der Waals surface area contributed by atoms with Crippen LogP contribution in [0.2, 0.25) is 0 Å². The van der Waals surface area contributed by atoms with E-state index < -0.39 is 5.25 Å². The number of hydrogen-bond donors (Lipinski definition) is 2. The van der Waals surface area contributed by atoms with E-state index in [9.17, 15) is 9.59 Å². The molecule has 3 rings (SSSR count). The molecule has 29 heavy (non-hydrogen) atoms. The molecule has 0 saturated heterocycles. The van der Waals surface area contributed by atoms with Gasteiger partial charge in [-0.3, -0.25) is 9.59 Å². The number of carbonyl (C=O) groups excluding carboxylic acids is 2. The first-order chi connectivity index (χ1) is 13.9. The molecule has 0 bridgehead atoms. The van der Waals surface area contributed by atoms with Crippen LogP contribution in [0.1, 0.15) is 28.9 Å². The van der Waals surface area contributed by atoms with Gasteiger partial charge in [-0.2, -0.15) is 0 Å². The SMILES string of the molecule is CC(=O)Nc1ccc(S[C@H](C(=O)Nc2cc(C)ccc2C)c2ccccc2)cc1. The minimum absolute atomic E-state index is 0.0687. The maximum Gasteiger partial charge on any atom is 0.242 e. The Morgan fingerprint density at radius 2 is 1.55 bits per heavy atom. The van der Waals surface area contributed by atoms with Crippen LogP contribution in [0.15, 0.2) is 77.7 Å². The Hall–Kier alpha value is -3.05. The highest BCUT2D eigenvalue weighted by Crippen LogP contribution is 2.37. The maximum absolute atomic E-state index is 13.2. The lowest BCUT2D eigenvalue weighted by atomic mass is 10.1. The van der Waals surface area contributed by atoms with Crippen LogP contribution in [0.3, 0.4) is 0 Å². The number of amides is 2. The lowest BCUT2D eigenvalue weighted by molar-refractivity contribution is -0.116. The number of nitrogens with one attached hydrogen (secondary N) is 2. The van der Waals surface area contributed by atoms with Crippen molar-refractivity contribution in [2.75, 3.05) is 10.6 Å². The molecule has 0 aromatic heterocycles. The van der Waals surface area contributed by atoms with Crippen molar-refractivity contribution in [3.63, 3.8) is 0 Å². The molecule has 2 N–H and O–H groups in total. The molecule has 0 unspecified atom stereocenters. The molecule has 0 aliphatic rings. The summed E-state index contributed by atoms with van der Waals surface area (Å²) >= 11 is 1.48. The van der Waals surface area contributed by atoms with E-state index in [1.807, 2.05) is 86.6 Å². The lowest BCUT2D eigenvalue weighted by Crippen LogP contribution is -2.19. The summed E-state index contributed by atoms with van der Waals surface area (Å²) in [6.07, 6.45) is 0. The fraction of sp³-hybridized carbons (Fsp3) is 0.167. The number of thioether (sulfide) groups is 1. The standard InChI is InChI=1S/C24H24N2O2S/c1-16-9-10-17(2)22(15-16)26-24(28)23(19-7-5-4-6-8-19)29-21-13-11-20(12-14-21)25-18(3)27/h4-15,23H,1-3H3,(H,25,27)(H,26,28)/t23-/m0/s1. The highest BCUT2D eigenvalue weighted by atomic mass is 32.2. The Morgan fingerprint density at radius 3 is 2.21 bits per heavy atom. The van der Waals surface area contributed by atoms with Crippen LogP contribution in [-0.2, 0) is 9.59 Å². The topological polar surface area (TPSA) is 58.2 Å². The van der Waals surface area contributed by atoms with Crippen LogP contribution < -0.4 is 10.6 Å². The lowest BCUT2D eigenvalue weighted by Gasteiger charge is -2.18. The monoisotopic (exact) mass is 404 g/mol. The van der Waals surface area contributed by atoms with E-state index >= 15 is 0 Å². The predicted molar refractivity (Wildman–Crippen MR) is 120 cm³/mol. The van der Waals surface area contributed by atoms with Crippen molar-refractivity contribution in [2.24, 2.45) is 0 Å². The van der Waals surface area contributed by atoms with Gasteiger partial charge in [0, 0.05) is 23.2 Å². The zero-order chi connectivity index (χ0) is 20.8. The Labute approximate surface area is 175 Å². The highest BCUT2D eigenvalue weighted by molar-refractivity contribution is 8.00. The van der Waals surface area contributed by atoms with E-state index in [2.05, 4.69) is 10.6 Å². The molecule has 2 amide bonds. The van der Waals surface area contributed by atoms with E-state index in [-0.39, 0.29) is 11.8 Å². The quantitative estimate of drug-likeness (QED) is 0.516. The number of anilines is 2. The van der Waals surface area contributed by atoms with Gasteiger partial charge in [0.1, 0.15) is 5.25 Å². The minimum Gasteiger partial charge on any atom is -0.326 e. The number of aryl methyl sites for hydroxylation is 2. The van der Waals surface area contributed by atoms with Crippen LogP contribution in [-0.4, -0.2) is 11.8 Å². The average molecular weight is 405 g/mol. The van der Waals surface area contributed by atoms with Crippen molar-refractivity contribution in [2.45, 2.75) is 30.9 Å². The molecule has 0 fully saturated rings. The third-order valence-electron chi connectivity index (χ3n) is 4.42. The first-order valence-corrected chi connectivity index (χ1v) is 10.3. The summed E-state index contributed by atoms with van der Waals surface area (Å²) in [4.78, 5) is 25.4. The first kappa shape index (κ1) is 20.7. The fourth-order valence-electron chi connectivity index (χ4n) is 2.93. The molecule has 1 atom stereocenters. The third-order valence-corrected chi connectivity index (χ3v) is 5.69. The Morgan fingerprint density at radius 1 is 0.862 bits per heavy atom. The van der Waals surface area contributed by atoms with Crippen LogP contribution >= 0.6 is 11.8 Å². The van der Waals surface area contributed by atoms with Crippen LogP contribution in [0.25, 0.3) is 0 Å². The first-order valence-electron chi connectivity index (χ1n) is 9.40. The van der Waals surface area contributed by atoms with Crippen molar-refractivity contribution < 1.29 is 9.59 Å². The average Bonchev–Trinajstić information content (AvgIpc) is 2.70. The largest absolute Gasteiger partial charge is 0.326 e. The van der Waals surface area contributed by atoms with Gasteiger partial charge in [-0.1, -0.05) is 42.5 Å². The molecular formula is C24H24N2O2S. The fourth-order valence-corrected chi connectivity index (χ4v) is 3.95. The summed E-state index contributed by atoms with van der Waals surface area (Å²) in [5, 5.41) is 5.45. The second-order valence-corrected chi connectivity index (χ2v) is 8.10. The molecule has 3 aromatic rings. The number of rotatable bonds is 6. The van der Waals surface area contributed by atoms with Gasteiger partial charge < -0.3 is 10.6 Å². The zero-order valence-electron chi connectivity index (χ0n) is 16.7. The summed E-state index contributed by atoms with van der Waals surface area (Å²) < 4.78 is 0. The summed E-state index contributed by atoms with van der Waals surface area (Å²) in [6, 6.07) is 23.3. The molecule has 0 spiro atoms. The normalized spacial score (nSPS) is 11.6. The molecule has 148 valence electrons. The van der Waals surface area contributed by atoms with Crippen molar-refractivity contribution >= 4 is 35.0 Å². The Bertz CT molecular complexity index is 1000. The van der Waals surface area contributed by atoms with Gasteiger partial charge in [0.15, 0.2) is 0 Å². The third kappa shape index (κ3) is 5.72. The van der Waals surface area contributed by atoms with Crippen molar-refractivity contribution in [1.82, 2.24) is 0 Å². The van der Waals surface area contributed by atoms with Gasteiger partial charge in [-0.25, -0.2) is 0 Å². The molecule has 0 radical (unpaired) electrons. The smallest absolute Gasteiger partial charge is 0.242 e. The zero-order valence-corrected chi connectivity index (χ0v) is 17.5. The summed E-state index contributed by atoms with van der Waals surface area (Å²) in [7, 11) is 0. The second-order valence-electron chi connectivity index (χ2n) is 6.92. The molecular weight excluding hydrogens is 380 g/mol. The van der Waals surface area contributed by atoms with Crippen molar-refractivity contribution in [3.05, 3.63) is 89.5 Å². The predicted octanol–water partition coefficient (Wildman–Crippen LogP) is 5.73. The summed E-state index contributed by atoms with van der Waals surface area (Å²) in [5.74, 6) is -0.179. The van der Waals surface area contributed by atoms with E-state index in [0.29, 0.717) is 0 Å². The van der Waals surface area contributed by atoms with E-state index in [1.54, 1.807) is 0 Å². The summed E-state index contributed by atoms with van der Waals surface area (Å²) in [5.41, 5.74) is 4.63. The number of carbonyl (C=O) groups is 2. The molecule has 5 heteroatoms. The van der Waals surface area contributed by atoms with Crippen molar-refractivity contribution in [3.8, 4) is 0 Å². The number of hydrogen-bond acceptors (Lipinski definition) is 3. The second kappa shape index (κ2) is 9.43. The van der Waals surface area contributed by atoms with Crippen LogP contribution in [0.5, 0.6) is 0 Å². The molecule has 0 saturated carbocycles. The van der Waals surface area contributed by atoms with Gasteiger partial charge in [0.25, 0.3) is 0 Å². The van der Waals surface area contributed by atoms with Gasteiger partial charge >= 0.3 is 0 Å².